The number of ketones is 1. The molecule has 0 radical (unpaired) electrons. The summed E-state index contributed by atoms with van der Waals surface area (Å²) in [6, 6.07) is 7.12. The van der Waals surface area contributed by atoms with Crippen molar-refractivity contribution >= 4 is 21.7 Å². The molecule has 94 valence electrons. The Morgan fingerprint density at radius 3 is 2.78 bits per heavy atom. The van der Waals surface area contributed by atoms with E-state index in [1.807, 2.05) is 13.0 Å². The number of benzene rings is 1. The number of carbonyl (C=O) groups excluding carboxylic acids is 1. The van der Waals surface area contributed by atoms with E-state index in [-0.39, 0.29) is 5.78 Å². The number of carbonyl (C=O) groups is 1. The second-order valence-corrected chi connectivity index (χ2v) is 4.76. The number of aryl methyl sites for hydroxylation is 1. The summed E-state index contributed by atoms with van der Waals surface area (Å²) in [5.74, 6) is 1.20. The molecule has 3 nitrogen and oxygen atoms in total. The molecule has 1 aromatic heterocycles. The summed E-state index contributed by atoms with van der Waals surface area (Å²) in [4.78, 5) is 12.3. The molecule has 0 spiro atoms. The van der Waals surface area contributed by atoms with Crippen molar-refractivity contribution in [3.8, 4) is 5.75 Å². The van der Waals surface area contributed by atoms with Crippen LogP contribution in [0.2, 0.25) is 0 Å². The highest BCUT2D eigenvalue weighted by atomic mass is 79.9. The van der Waals surface area contributed by atoms with Crippen molar-refractivity contribution in [2.45, 2.75) is 13.8 Å². The van der Waals surface area contributed by atoms with Crippen LogP contribution in [-0.2, 0) is 0 Å². The van der Waals surface area contributed by atoms with Gasteiger partial charge >= 0.3 is 0 Å². The maximum atomic E-state index is 12.3. The molecule has 2 aromatic rings. The Balaban J connectivity index is 2.42. The zero-order chi connectivity index (χ0) is 13.1. The molecule has 1 aromatic carbocycles. The number of halogens is 1. The van der Waals surface area contributed by atoms with Gasteiger partial charge in [0.25, 0.3) is 0 Å². The van der Waals surface area contributed by atoms with Gasteiger partial charge in [0.2, 0.25) is 0 Å². The summed E-state index contributed by atoms with van der Waals surface area (Å²) in [6.07, 6.45) is 1.47. The summed E-state index contributed by atoms with van der Waals surface area (Å²) < 4.78 is 11.5. The first-order valence-electron chi connectivity index (χ1n) is 5.64. The van der Waals surface area contributed by atoms with Crippen LogP contribution in [0.5, 0.6) is 5.75 Å². The summed E-state index contributed by atoms with van der Waals surface area (Å²) in [6.45, 7) is 4.21. The van der Waals surface area contributed by atoms with Crippen molar-refractivity contribution in [1.82, 2.24) is 0 Å². The van der Waals surface area contributed by atoms with E-state index in [0.717, 1.165) is 4.47 Å². The van der Waals surface area contributed by atoms with Crippen LogP contribution in [0.3, 0.4) is 0 Å². The van der Waals surface area contributed by atoms with Crippen molar-refractivity contribution < 1.29 is 13.9 Å². The van der Waals surface area contributed by atoms with E-state index in [4.69, 9.17) is 9.15 Å². The predicted molar refractivity (Wildman–Crippen MR) is 72.2 cm³/mol. The maximum absolute atomic E-state index is 12.3. The summed E-state index contributed by atoms with van der Waals surface area (Å²) in [7, 11) is 0. The lowest BCUT2D eigenvalue weighted by atomic mass is 10.0. The number of hydrogen-bond donors (Lipinski definition) is 0. The van der Waals surface area contributed by atoms with Crippen molar-refractivity contribution in [2.24, 2.45) is 0 Å². The van der Waals surface area contributed by atoms with Crippen molar-refractivity contribution in [3.05, 3.63) is 51.9 Å². The van der Waals surface area contributed by atoms with Crippen LogP contribution >= 0.6 is 15.9 Å². The van der Waals surface area contributed by atoms with Gasteiger partial charge in [0.05, 0.1) is 17.7 Å². The lowest BCUT2D eigenvalue weighted by molar-refractivity contribution is 0.103. The molecule has 0 atom stereocenters. The fraction of sp³-hybridized carbons (Fsp3) is 0.214. The van der Waals surface area contributed by atoms with E-state index in [0.29, 0.717) is 29.2 Å². The number of ether oxygens (including phenoxy) is 1. The average Bonchev–Trinajstić information content (AvgIpc) is 2.77. The van der Waals surface area contributed by atoms with Crippen LogP contribution in [0.25, 0.3) is 0 Å². The quantitative estimate of drug-likeness (QED) is 0.802. The topological polar surface area (TPSA) is 39.4 Å². The van der Waals surface area contributed by atoms with Gasteiger partial charge in [-0.1, -0.05) is 15.9 Å². The van der Waals surface area contributed by atoms with Gasteiger partial charge in [0.15, 0.2) is 5.78 Å². The molecule has 0 aliphatic carbocycles. The van der Waals surface area contributed by atoms with E-state index < -0.39 is 0 Å². The first kappa shape index (κ1) is 12.9. The number of hydrogen-bond acceptors (Lipinski definition) is 3. The van der Waals surface area contributed by atoms with Gasteiger partial charge in [-0.3, -0.25) is 4.79 Å². The van der Waals surface area contributed by atoms with E-state index in [9.17, 15) is 4.79 Å². The molecular formula is C14H13BrO3. The Morgan fingerprint density at radius 1 is 1.39 bits per heavy atom. The van der Waals surface area contributed by atoms with Crippen LogP contribution in [0.1, 0.15) is 28.6 Å². The lowest BCUT2D eigenvalue weighted by Gasteiger charge is -2.08. The Bertz CT molecular complexity index is 572. The van der Waals surface area contributed by atoms with E-state index in [1.165, 1.54) is 6.26 Å². The van der Waals surface area contributed by atoms with E-state index >= 15 is 0 Å². The Labute approximate surface area is 114 Å². The molecule has 0 N–H and O–H groups in total. The average molecular weight is 309 g/mol. The van der Waals surface area contributed by atoms with Gasteiger partial charge in [-0.2, -0.15) is 0 Å². The van der Waals surface area contributed by atoms with Crippen LogP contribution in [0.15, 0.2) is 39.4 Å². The van der Waals surface area contributed by atoms with Gasteiger partial charge in [-0.15, -0.1) is 0 Å². The van der Waals surface area contributed by atoms with Crippen molar-refractivity contribution in [1.29, 1.82) is 0 Å². The molecule has 0 unspecified atom stereocenters. The molecule has 0 fully saturated rings. The van der Waals surface area contributed by atoms with E-state index in [1.54, 1.807) is 25.1 Å². The molecule has 0 saturated carbocycles. The smallest absolute Gasteiger partial charge is 0.200 e. The molecule has 4 heteroatoms. The summed E-state index contributed by atoms with van der Waals surface area (Å²) in [5, 5.41) is 0. The number of rotatable bonds is 4. The van der Waals surface area contributed by atoms with Crippen LogP contribution in [0, 0.1) is 6.92 Å². The van der Waals surface area contributed by atoms with Gasteiger partial charge in [-0.25, -0.2) is 0 Å². The van der Waals surface area contributed by atoms with Gasteiger partial charge in [0.1, 0.15) is 17.8 Å². The molecule has 0 saturated heterocycles. The monoisotopic (exact) mass is 308 g/mol. The minimum Gasteiger partial charge on any atom is -0.493 e. The molecular weight excluding hydrogens is 296 g/mol. The zero-order valence-corrected chi connectivity index (χ0v) is 11.8. The predicted octanol–water partition coefficient (Wildman–Crippen LogP) is 3.98. The maximum Gasteiger partial charge on any atom is 0.200 e. The minimum atomic E-state index is -0.100. The van der Waals surface area contributed by atoms with Crippen molar-refractivity contribution in [3.63, 3.8) is 0 Å². The fourth-order valence-electron chi connectivity index (χ4n) is 1.68. The second-order valence-electron chi connectivity index (χ2n) is 3.85. The molecule has 0 aliphatic rings. The third-order valence-electron chi connectivity index (χ3n) is 2.48. The molecule has 1 heterocycles. The minimum absolute atomic E-state index is 0.100. The lowest BCUT2D eigenvalue weighted by Crippen LogP contribution is -2.04. The summed E-state index contributed by atoms with van der Waals surface area (Å²) >= 11 is 3.36. The highest BCUT2D eigenvalue weighted by Gasteiger charge is 2.16. The van der Waals surface area contributed by atoms with E-state index in [2.05, 4.69) is 15.9 Å². The number of furan rings is 1. The largest absolute Gasteiger partial charge is 0.493 e. The highest BCUT2D eigenvalue weighted by Crippen LogP contribution is 2.26. The summed E-state index contributed by atoms with van der Waals surface area (Å²) in [5.41, 5.74) is 1.07. The molecule has 0 bridgehead atoms. The third-order valence-corrected chi connectivity index (χ3v) is 2.97. The first-order valence-corrected chi connectivity index (χ1v) is 6.43. The third kappa shape index (κ3) is 2.64. The van der Waals surface area contributed by atoms with Gasteiger partial charge in [-0.05, 0) is 38.1 Å². The van der Waals surface area contributed by atoms with Crippen molar-refractivity contribution in [2.75, 3.05) is 6.61 Å². The normalized spacial score (nSPS) is 10.4. The van der Waals surface area contributed by atoms with Crippen LogP contribution in [-0.4, -0.2) is 12.4 Å². The Kier molecular flexibility index (Phi) is 3.87. The first-order chi connectivity index (χ1) is 8.61. The van der Waals surface area contributed by atoms with Crippen LogP contribution in [0.4, 0.5) is 0 Å². The molecule has 2 rings (SSSR count). The Morgan fingerprint density at radius 2 is 2.17 bits per heavy atom. The van der Waals surface area contributed by atoms with Gasteiger partial charge in [0, 0.05) is 4.47 Å². The zero-order valence-electron chi connectivity index (χ0n) is 10.2. The molecule has 0 amide bonds. The molecule has 18 heavy (non-hydrogen) atoms. The SMILES string of the molecule is CCOc1ccc(Br)cc1C(=O)c1coc(C)c1. The Hall–Kier alpha value is -1.55. The highest BCUT2D eigenvalue weighted by molar-refractivity contribution is 9.10. The fourth-order valence-corrected chi connectivity index (χ4v) is 2.04. The standard InChI is InChI=1S/C14H13BrO3/c1-3-17-13-5-4-11(15)7-12(13)14(16)10-6-9(2)18-8-10/h4-8H,3H2,1-2H3. The van der Waals surface area contributed by atoms with Gasteiger partial charge < -0.3 is 9.15 Å². The van der Waals surface area contributed by atoms with Crippen LogP contribution < -0.4 is 4.74 Å². The second kappa shape index (κ2) is 5.40. The molecule has 0 aliphatic heterocycles.